The Morgan fingerprint density at radius 1 is 0.268 bits per heavy atom. The Hall–Kier alpha value is -14.5. The number of hydrazone groups is 1. The van der Waals surface area contributed by atoms with Crippen LogP contribution in [0.2, 0.25) is 0 Å². The van der Waals surface area contributed by atoms with Gasteiger partial charge >= 0.3 is 0 Å². The van der Waals surface area contributed by atoms with Crippen LogP contribution in [0.1, 0.15) is 41.3 Å². The second-order valence-electron chi connectivity index (χ2n) is 29.8. The average Bonchev–Trinajstić information content (AvgIpc) is 1.58. The van der Waals surface area contributed by atoms with Crippen molar-refractivity contribution in [3.8, 4) is 45.7 Å². The molecule has 12 heteroatoms. The zero-order chi connectivity index (χ0) is 73.5. The Kier molecular flexibility index (Phi) is 14.5. The highest BCUT2D eigenvalue weighted by atomic mass is 16.5. The van der Waals surface area contributed by atoms with Gasteiger partial charge in [0.2, 0.25) is 23.9 Å². The maximum absolute atomic E-state index is 6.54. The summed E-state index contributed by atoms with van der Waals surface area (Å²) in [4.78, 5) is 0. The summed E-state index contributed by atoms with van der Waals surface area (Å²) in [6.07, 6.45) is 3.24. The zero-order valence-corrected chi connectivity index (χ0v) is 61.0. The van der Waals surface area contributed by atoms with Crippen molar-refractivity contribution in [1.29, 1.82) is 0 Å². The third-order valence-electron chi connectivity index (χ3n) is 23.5. The molecule has 8 heterocycles. The van der Waals surface area contributed by atoms with E-state index < -0.39 is 6.23 Å². The van der Waals surface area contributed by atoms with E-state index in [0.29, 0.717) is 17.7 Å². The van der Waals surface area contributed by atoms with Gasteiger partial charge in [0.05, 0.1) is 44.1 Å². The van der Waals surface area contributed by atoms with E-state index >= 15 is 0 Å². The highest BCUT2D eigenvalue weighted by Crippen LogP contribution is 2.43. The number of rotatable bonds is 16. The van der Waals surface area contributed by atoms with Gasteiger partial charge in [0.25, 0.3) is 0 Å². The van der Waals surface area contributed by atoms with Crippen molar-refractivity contribution in [3.05, 3.63) is 362 Å². The van der Waals surface area contributed by atoms with E-state index in [1.54, 1.807) is 0 Å². The molecule has 0 amide bonds. The highest BCUT2D eigenvalue weighted by Gasteiger charge is 2.26. The van der Waals surface area contributed by atoms with E-state index in [1.165, 1.54) is 142 Å². The first kappa shape index (κ1) is 63.6. The van der Waals surface area contributed by atoms with E-state index in [-0.39, 0.29) is 0 Å². The fourth-order valence-electron chi connectivity index (χ4n) is 18.4. The minimum absolute atomic E-state index is 0.419. The molecule has 22 aromatic rings. The van der Waals surface area contributed by atoms with Crippen LogP contribution in [0.3, 0.4) is 0 Å². The van der Waals surface area contributed by atoms with Crippen LogP contribution in [0.25, 0.3) is 176 Å². The van der Waals surface area contributed by atoms with Crippen molar-refractivity contribution >= 4 is 137 Å². The summed E-state index contributed by atoms with van der Waals surface area (Å²) >= 11 is 0. The lowest BCUT2D eigenvalue weighted by atomic mass is 10.1. The fraction of sp³-hybridized carbons (Fsp3) is 0.0700. The molecule has 15 aromatic carbocycles. The van der Waals surface area contributed by atoms with E-state index in [4.69, 9.17) is 14.3 Å². The topological polar surface area (TPSA) is 102 Å². The lowest BCUT2D eigenvalue weighted by molar-refractivity contribution is 0.192. The summed E-state index contributed by atoms with van der Waals surface area (Å²) in [6, 6.07) is 123. The molecule has 1 N–H and O–H groups in total. The number of benzene rings is 15. The summed E-state index contributed by atoms with van der Waals surface area (Å²) in [7, 11) is 0. The Balaban J connectivity index is 0.468. The molecule has 532 valence electrons. The third-order valence-corrected chi connectivity index (χ3v) is 23.5. The monoisotopic (exact) mass is 1440 g/mol. The molecule has 0 bridgehead atoms. The second-order valence-corrected chi connectivity index (χ2v) is 29.8. The molecular formula is C100H70N10O2. The zero-order valence-electron chi connectivity index (χ0n) is 61.0. The number of ether oxygens (including phenoxy) is 1. The molecule has 1 atom stereocenters. The molecule has 1 aliphatic rings. The SMILES string of the molecule is c1cc(C2=NNC(c3ccc(CCCn4c5ccc(-n6c7ccccc7c7ccccc76)cc5c5cc(-n6c7ccccc7c7ccccc76)ccc54)cc3)O2)cc(-c2nnc(-c3ccc(CCCn4c5ccc(-n6c7ccccc7c7ccccc76)cc5c5cc(-n6c7ccccc7c7ccccc76)ccc54)cc3)o2)c1. The number of aryl methyl sites for hydroxylation is 4. The van der Waals surface area contributed by atoms with E-state index in [2.05, 4.69) is 358 Å². The Labute approximate surface area is 642 Å². The first-order valence-electron chi connectivity index (χ1n) is 38.7. The van der Waals surface area contributed by atoms with Crippen molar-refractivity contribution in [2.45, 2.75) is 45.0 Å². The van der Waals surface area contributed by atoms with Gasteiger partial charge in [-0.05, 0) is 188 Å². The van der Waals surface area contributed by atoms with Crippen molar-refractivity contribution < 1.29 is 9.15 Å². The summed E-state index contributed by atoms with van der Waals surface area (Å²) < 4.78 is 27.7. The standard InChI is InChI=1S/C100H70N10O2/c1-9-32-89-73(24-1)74-25-2-10-33-90(74)107(89)69-48-52-85-81(59-69)82-60-70(108-91-34-11-3-26-75(91)76-27-4-12-35-92(76)108)49-53-86(82)105(85)56-18-20-63-40-44-65(45-41-63)97-101-103-99(111-97)67-22-17-23-68(58-67)100-104-102-98(112-100)66-46-42-64(43-47-66)21-19-57-106-87-54-50-71(109-93-36-13-5-28-77(93)78-29-6-14-37-94(78)109)61-83(87)84-62-72(51-55-88(84)106)110-95-38-15-7-30-79(95)80-31-8-16-39-96(80)110/h1-17,22-55,58-62,97,101H,18-21,56-57H2. The fourth-order valence-corrected chi connectivity index (χ4v) is 18.4. The molecule has 0 fully saturated rings. The predicted molar refractivity (Wildman–Crippen MR) is 458 cm³/mol. The smallest absolute Gasteiger partial charge is 0.248 e. The lowest BCUT2D eigenvalue weighted by Crippen LogP contribution is -2.12. The number of hydrogen-bond acceptors (Lipinski definition) is 6. The van der Waals surface area contributed by atoms with Gasteiger partial charge in [-0.25, -0.2) is 0 Å². The number of para-hydroxylation sites is 8. The summed E-state index contributed by atoms with van der Waals surface area (Å²) in [6.45, 7) is 1.69. The van der Waals surface area contributed by atoms with Crippen molar-refractivity contribution in [2.75, 3.05) is 0 Å². The van der Waals surface area contributed by atoms with Crippen LogP contribution in [0.4, 0.5) is 0 Å². The van der Waals surface area contributed by atoms with Gasteiger partial charge in [-0.2, -0.15) is 0 Å². The van der Waals surface area contributed by atoms with Gasteiger partial charge in [-0.3, -0.25) is 5.43 Å². The summed E-state index contributed by atoms with van der Waals surface area (Å²) in [5.74, 6) is 1.37. The molecule has 1 aliphatic heterocycles. The van der Waals surface area contributed by atoms with Gasteiger partial charge < -0.3 is 36.6 Å². The van der Waals surface area contributed by atoms with Crippen LogP contribution in [0.5, 0.6) is 0 Å². The number of fused-ring (bicyclic) bond motifs is 18. The minimum Gasteiger partial charge on any atom is -0.446 e. The van der Waals surface area contributed by atoms with E-state index in [0.717, 1.165) is 83.8 Å². The number of aromatic nitrogens is 8. The molecule has 7 aromatic heterocycles. The van der Waals surface area contributed by atoms with Gasteiger partial charge in [0.1, 0.15) is 0 Å². The quantitative estimate of drug-likeness (QED) is 0.104. The van der Waals surface area contributed by atoms with Crippen LogP contribution < -0.4 is 5.43 Å². The van der Waals surface area contributed by atoms with Gasteiger partial charge in [0, 0.05) is 145 Å². The van der Waals surface area contributed by atoms with Crippen LogP contribution in [0.15, 0.2) is 349 Å². The largest absolute Gasteiger partial charge is 0.446 e. The van der Waals surface area contributed by atoms with Gasteiger partial charge in [0.15, 0.2) is 0 Å². The second kappa shape index (κ2) is 25.6. The normalized spacial score (nSPS) is 13.3. The Bertz CT molecular complexity index is 7050. The first-order valence-corrected chi connectivity index (χ1v) is 38.7. The third kappa shape index (κ3) is 10.2. The molecule has 0 spiro atoms. The molecule has 0 radical (unpaired) electrons. The maximum atomic E-state index is 6.54. The Morgan fingerprint density at radius 3 is 0.929 bits per heavy atom. The molecule has 0 aliphatic carbocycles. The van der Waals surface area contributed by atoms with E-state index in [9.17, 15) is 0 Å². The lowest BCUT2D eigenvalue weighted by Gasteiger charge is -2.13. The number of hydrogen-bond donors (Lipinski definition) is 1. The number of nitrogens with one attached hydrogen (secondary N) is 1. The first-order chi connectivity index (χ1) is 55.5. The van der Waals surface area contributed by atoms with Crippen molar-refractivity contribution in [2.24, 2.45) is 5.10 Å². The van der Waals surface area contributed by atoms with Crippen LogP contribution in [0, 0.1) is 0 Å². The average molecular weight is 1440 g/mol. The van der Waals surface area contributed by atoms with Crippen molar-refractivity contribution in [3.63, 3.8) is 0 Å². The van der Waals surface area contributed by atoms with Crippen LogP contribution >= 0.6 is 0 Å². The predicted octanol–water partition coefficient (Wildman–Crippen LogP) is 24.3. The van der Waals surface area contributed by atoms with Crippen LogP contribution in [-0.2, 0) is 30.7 Å². The summed E-state index contributed by atoms with van der Waals surface area (Å²) in [5.41, 5.74) is 28.3. The highest BCUT2D eigenvalue weighted by molar-refractivity contribution is 6.16. The molecule has 1 unspecified atom stereocenters. The molecule has 12 nitrogen and oxygen atoms in total. The van der Waals surface area contributed by atoms with E-state index in [1.807, 2.05) is 24.3 Å². The maximum Gasteiger partial charge on any atom is 0.248 e. The molecule has 23 rings (SSSR count). The summed E-state index contributed by atoms with van der Waals surface area (Å²) in [5, 5.41) is 28.7. The van der Waals surface area contributed by atoms with Gasteiger partial charge in [-0.1, -0.05) is 188 Å². The minimum atomic E-state index is -0.447. The van der Waals surface area contributed by atoms with Gasteiger partial charge in [-0.15, -0.1) is 15.3 Å². The molecule has 0 saturated heterocycles. The van der Waals surface area contributed by atoms with Crippen LogP contribution in [-0.4, -0.2) is 43.5 Å². The molecule has 0 saturated carbocycles. The number of nitrogens with zero attached hydrogens (tertiary/aromatic N) is 9. The Morgan fingerprint density at radius 2 is 0.580 bits per heavy atom. The molecular weight excluding hydrogens is 1370 g/mol. The van der Waals surface area contributed by atoms with Crippen molar-refractivity contribution in [1.82, 2.24) is 43.0 Å². The molecule has 112 heavy (non-hydrogen) atoms.